The van der Waals surface area contributed by atoms with Crippen LogP contribution < -0.4 is 10.5 Å². The molecular weight excluding hydrogens is 243 g/mol. The molecule has 0 aliphatic carbocycles. The van der Waals surface area contributed by atoms with Crippen molar-refractivity contribution in [3.8, 4) is 17.1 Å². The van der Waals surface area contributed by atoms with Crippen LogP contribution in [-0.4, -0.2) is 22.1 Å². The Labute approximate surface area is 101 Å². The number of ether oxygens (including phenoxy) is 1. The lowest BCUT2D eigenvalue weighted by molar-refractivity contribution is 0.413. The number of methoxy groups -OCH3 is 1. The summed E-state index contributed by atoms with van der Waals surface area (Å²) < 4.78 is 18.9. The molecular formula is C10H9FN4OS. The average molecular weight is 252 g/mol. The lowest BCUT2D eigenvalue weighted by atomic mass is 10.1. The summed E-state index contributed by atoms with van der Waals surface area (Å²) in [6.45, 7) is 0. The molecule has 0 bridgehead atoms. The fourth-order valence-electron chi connectivity index (χ4n) is 1.42. The molecule has 2 rings (SSSR count). The lowest BCUT2D eigenvalue weighted by Crippen LogP contribution is -2.02. The normalized spacial score (nSPS) is 10.2. The van der Waals surface area contributed by atoms with E-state index in [2.05, 4.69) is 15.0 Å². The second-order valence-corrected chi connectivity index (χ2v) is 3.55. The molecule has 0 radical (unpaired) electrons. The summed E-state index contributed by atoms with van der Waals surface area (Å²) in [7, 11) is 1.44. The summed E-state index contributed by atoms with van der Waals surface area (Å²) in [5.74, 6) is 0.129. The third kappa shape index (κ3) is 2.23. The van der Waals surface area contributed by atoms with Crippen LogP contribution in [0.5, 0.6) is 5.75 Å². The molecule has 0 amide bonds. The van der Waals surface area contributed by atoms with Gasteiger partial charge in [0.2, 0.25) is 10.7 Å². The van der Waals surface area contributed by atoms with Crippen molar-refractivity contribution in [2.75, 3.05) is 12.8 Å². The molecule has 88 valence electrons. The molecule has 0 saturated heterocycles. The zero-order valence-electron chi connectivity index (χ0n) is 8.90. The fraction of sp³-hybridized carbons (Fsp3) is 0.100. The van der Waals surface area contributed by atoms with Crippen molar-refractivity contribution in [3.63, 3.8) is 0 Å². The number of nitrogens with zero attached hydrogens (tertiary/aromatic N) is 2. The maximum absolute atomic E-state index is 13.8. The smallest absolute Gasteiger partial charge is 0.224 e. The van der Waals surface area contributed by atoms with Gasteiger partial charge in [-0.2, -0.15) is 9.97 Å². The summed E-state index contributed by atoms with van der Waals surface area (Å²) >= 11 is 4.82. The second-order valence-electron chi connectivity index (χ2n) is 3.18. The van der Waals surface area contributed by atoms with E-state index in [-0.39, 0.29) is 22.1 Å². The van der Waals surface area contributed by atoms with Crippen LogP contribution >= 0.6 is 12.2 Å². The van der Waals surface area contributed by atoms with E-state index in [4.69, 9.17) is 22.7 Å². The number of halogens is 1. The Hall–Kier alpha value is -2.02. The van der Waals surface area contributed by atoms with Gasteiger partial charge in [-0.3, -0.25) is 0 Å². The molecule has 0 spiro atoms. The molecule has 0 fully saturated rings. The van der Waals surface area contributed by atoms with Crippen molar-refractivity contribution in [2.24, 2.45) is 0 Å². The number of anilines is 1. The molecule has 5 nitrogen and oxygen atoms in total. The molecule has 1 aromatic carbocycles. The molecule has 17 heavy (non-hydrogen) atoms. The summed E-state index contributed by atoms with van der Waals surface area (Å²) in [6.07, 6.45) is 0. The fourth-order valence-corrected chi connectivity index (χ4v) is 1.61. The number of nitrogens with two attached hydrogens (primary N) is 1. The quantitative estimate of drug-likeness (QED) is 0.799. The van der Waals surface area contributed by atoms with Crippen LogP contribution in [-0.2, 0) is 0 Å². The van der Waals surface area contributed by atoms with Crippen molar-refractivity contribution < 1.29 is 9.13 Å². The maximum atomic E-state index is 13.8. The third-order valence-electron chi connectivity index (χ3n) is 2.10. The van der Waals surface area contributed by atoms with Crippen molar-refractivity contribution in [1.29, 1.82) is 0 Å². The first-order valence-electron chi connectivity index (χ1n) is 4.68. The van der Waals surface area contributed by atoms with E-state index >= 15 is 0 Å². The molecule has 1 heterocycles. The summed E-state index contributed by atoms with van der Waals surface area (Å²) in [4.78, 5) is 10.3. The van der Waals surface area contributed by atoms with Gasteiger partial charge in [0, 0.05) is 0 Å². The Morgan fingerprint density at radius 3 is 2.82 bits per heavy atom. The van der Waals surface area contributed by atoms with Gasteiger partial charge in [-0.15, -0.1) is 0 Å². The third-order valence-corrected chi connectivity index (χ3v) is 2.28. The van der Waals surface area contributed by atoms with E-state index in [1.165, 1.54) is 19.2 Å². The molecule has 0 unspecified atom stereocenters. The van der Waals surface area contributed by atoms with Crippen LogP contribution in [0.4, 0.5) is 10.3 Å². The summed E-state index contributed by atoms with van der Waals surface area (Å²) in [5, 5.41) is 0. The highest BCUT2D eigenvalue weighted by molar-refractivity contribution is 7.71. The van der Waals surface area contributed by atoms with Crippen LogP contribution in [0.2, 0.25) is 0 Å². The van der Waals surface area contributed by atoms with E-state index in [1.807, 2.05) is 0 Å². The average Bonchev–Trinajstić information content (AvgIpc) is 2.27. The number of aromatic amines is 1. The molecule has 0 aliphatic heterocycles. The van der Waals surface area contributed by atoms with E-state index in [9.17, 15) is 4.39 Å². The Bertz CT molecular complexity index is 613. The number of rotatable bonds is 2. The van der Waals surface area contributed by atoms with Crippen LogP contribution in [0.25, 0.3) is 11.4 Å². The number of hydrogen-bond donors (Lipinski definition) is 2. The van der Waals surface area contributed by atoms with Crippen molar-refractivity contribution >= 4 is 18.2 Å². The Morgan fingerprint density at radius 1 is 1.41 bits per heavy atom. The van der Waals surface area contributed by atoms with E-state index in [1.54, 1.807) is 6.07 Å². The molecule has 0 atom stereocenters. The first-order chi connectivity index (χ1) is 8.11. The minimum atomic E-state index is -0.479. The van der Waals surface area contributed by atoms with Gasteiger partial charge in [-0.25, -0.2) is 4.39 Å². The highest BCUT2D eigenvalue weighted by atomic mass is 32.1. The van der Waals surface area contributed by atoms with Gasteiger partial charge in [0.15, 0.2) is 0 Å². The number of H-pyrrole nitrogens is 1. The van der Waals surface area contributed by atoms with E-state index < -0.39 is 5.82 Å². The van der Waals surface area contributed by atoms with Crippen molar-refractivity contribution in [1.82, 2.24) is 15.0 Å². The van der Waals surface area contributed by atoms with Gasteiger partial charge in [0.05, 0.1) is 12.7 Å². The molecule has 7 heteroatoms. The Kier molecular flexibility index (Phi) is 3.01. The number of nitrogen functional groups attached to an aromatic ring is 1. The molecule has 3 N–H and O–H groups in total. The van der Waals surface area contributed by atoms with Gasteiger partial charge < -0.3 is 15.5 Å². The molecule has 2 aromatic rings. The standard InChI is InChI=1S/C10H9FN4OS/c1-16-6-4-2-3-5(11)7(6)8-13-9(12)15-10(17)14-8/h2-4H,1H3,(H3,12,13,14,15,17). The second kappa shape index (κ2) is 4.46. The maximum Gasteiger partial charge on any atom is 0.224 e. The van der Waals surface area contributed by atoms with E-state index in [0.717, 1.165) is 0 Å². The summed E-state index contributed by atoms with van der Waals surface area (Å²) in [5.41, 5.74) is 5.68. The summed E-state index contributed by atoms with van der Waals surface area (Å²) in [6, 6.07) is 4.46. The minimum absolute atomic E-state index is 0.0431. The highest BCUT2D eigenvalue weighted by Crippen LogP contribution is 2.29. The predicted molar refractivity (Wildman–Crippen MR) is 63.6 cm³/mol. The van der Waals surface area contributed by atoms with Gasteiger partial charge >= 0.3 is 0 Å². The molecule has 0 saturated carbocycles. The largest absolute Gasteiger partial charge is 0.496 e. The molecule has 0 aliphatic rings. The SMILES string of the molecule is COc1cccc(F)c1-c1nc(=S)nc(N)[nH]1. The monoisotopic (exact) mass is 252 g/mol. The van der Waals surface area contributed by atoms with Crippen LogP contribution in [0.3, 0.4) is 0 Å². The number of hydrogen-bond acceptors (Lipinski definition) is 5. The topological polar surface area (TPSA) is 76.8 Å². The van der Waals surface area contributed by atoms with Crippen molar-refractivity contribution in [2.45, 2.75) is 0 Å². The van der Waals surface area contributed by atoms with E-state index in [0.29, 0.717) is 5.75 Å². The number of benzene rings is 1. The van der Waals surface area contributed by atoms with Gasteiger partial charge in [-0.1, -0.05) is 6.07 Å². The van der Waals surface area contributed by atoms with Crippen LogP contribution in [0, 0.1) is 10.6 Å². The first-order valence-corrected chi connectivity index (χ1v) is 5.09. The predicted octanol–water partition coefficient (Wildman–Crippen LogP) is 1.93. The Balaban J connectivity index is 2.71. The number of nitrogens with one attached hydrogen (secondary N) is 1. The van der Waals surface area contributed by atoms with Crippen molar-refractivity contribution in [3.05, 3.63) is 28.8 Å². The first kappa shape index (κ1) is 11.5. The van der Waals surface area contributed by atoms with Gasteiger partial charge in [0.25, 0.3) is 0 Å². The Morgan fingerprint density at radius 2 is 2.18 bits per heavy atom. The van der Waals surface area contributed by atoms with Gasteiger partial charge in [0.1, 0.15) is 17.4 Å². The minimum Gasteiger partial charge on any atom is -0.496 e. The highest BCUT2D eigenvalue weighted by Gasteiger charge is 2.14. The number of aromatic nitrogens is 3. The lowest BCUT2D eigenvalue weighted by Gasteiger charge is -2.08. The molecule has 1 aromatic heterocycles. The zero-order chi connectivity index (χ0) is 12.4. The zero-order valence-corrected chi connectivity index (χ0v) is 9.71. The van der Waals surface area contributed by atoms with Gasteiger partial charge in [-0.05, 0) is 24.4 Å². The van der Waals surface area contributed by atoms with Crippen LogP contribution in [0.15, 0.2) is 18.2 Å². The van der Waals surface area contributed by atoms with Crippen LogP contribution in [0.1, 0.15) is 0 Å².